The van der Waals surface area contributed by atoms with E-state index in [0.29, 0.717) is 11.1 Å². The summed E-state index contributed by atoms with van der Waals surface area (Å²) in [5.74, 6) is 0.577. The number of carbonyl (C=O) groups excluding carboxylic acids is 1. The van der Waals surface area contributed by atoms with Crippen LogP contribution in [0.25, 0.3) is 11.5 Å². The van der Waals surface area contributed by atoms with Crippen molar-refractivity contribution in [1.82, 2.24) is 10.2 Å². The molecule has 3 rings (SSSR count). The van der Waals surface area contributed by atoms with Gasteiger partial charge in [-0.1, -0.05) is 54.6 Å². The number of thioether (sulfide) groups is 1. The van der Waals surface area contributed by atoms with Crippen molar-refractivity contribution in [1.29, 1.82) is 0 Å². The molecule has 3 aromatic rings. The fourth-order valence-corrected chi connectivity index (χ4v) is 2.91. The van der Waals surface area contributed by atoms with E-state index in [2.05, 4.69) is 22.4 Å². The monoisotopic (exact) mass is 353 g/mol. The molecule has 1 aromatic heterocycles. The summed E-state index contributed by atoms with van der Waals surface area (Å²) in [4.78, 5) is 12.1. The van der Waals surface area contributed by atoms with Crippen molar-refractivity contribution in [2.24, 2.45) is 0 Å². The number of benzene rings is 2. The summed E-state index contributed by atoms with van der Waals surface area (Å²) < 4.78 is 5.62. The lowest BCUT2D eigenvalue weighted by Gasteiger charge is -2.08. The van der Waals surface area contributed by atoms with E-state index in [9.17, 15) is 4.79 Å². The SMILES string of the molecule is CCc1ccccc1NC(=O)CSc1nnc(-c2ccc(C)cc2)o1. The van der Waals surface area contributed by atoms with Crippen LogP contribution in [0.5, 0.6) is 0 Å². The molecule has 0 aliphatic heterocycles. The van der Waals surface area contributed by atoms with E-state index in [1.165, 1.54) is 17.3 Å². The first-order chi connectivity index (χ1) is 12.2. The molecular formula is C19H19N3O2S. The molecule has 0 aliphatic rings. The van der Waals surface area contributed by atoms with Crippen molar-refractivity contribution in [3.63, 3.8) is 0 Å². The highest BCUT2D eigenvalue weighted by atomic mass is 32.2. The summed E-state index contributed by atoms with van der Waals surface area (Å²) in [6, 6.07) is 15.6. The summed E-state index contributed by atoms with van der Waals surface area (Å²) in [6.45, 7) is 4.08. The third-order valence-corrected chi connectivity index (χ3v) is 4.52. The Kier molecular flexibility index (Phi) is 5.50. The van der Waals surface area contributed by atoms with Gasteiger partial charge in [0.25, 0.3) is 5.22 Å². The van der Waals surface area contributed by atoms with Crippen molar-refractivity contribution >= 4 is 23.4 Å². The quantitative estimate of drug-likeness (QED) is 0.668. The average Bonchev–Trinajstić information content (AvgIpc) is 3.10. The maximum absolute atomic E-state index is 12.1. The molecule has 1 N–H and O–H groups in total. The normalized spacial score (nSPS) is 10.6. The van der Waals surface area contributed by atoms with Gasteiger partial charge in [-0.2, -0.15) is 0 Å². The highest BCUT2D eigenvalue weighted by Crippen LogP contribution is 2.24. The van der Waals surface area contributed by atoms with Crippen LogP contribution in [0.2, 0.25) is 0 Å². The minimum atomic E-state index is -0.0963. The summed E-state index contributed by atoms with van der Waals surface area (Å²) >= 11 is 1.23. The predicted molar refractivity (Wildman–Crippen MR) is 99.6 cm³/mol. The van der Waals surface area contributed by atoms with Crippen molar-refractivity contribution < 1.29 is 9.21 Å². The van der Waals surface area contributed by atoms with Gasteiger partial charge in [0.15, 0.2) is 0 Å². The molecular weight excluding hydrogens is 334 g/mol. The second-order valence-electron chi connectivity index (χ2n) is 5.59. The molecule has 128 valence electrons. The molecule has 1 amide bonds. The van der Waals surface area contributed by atoms with Gasteiger partial charge in [-0.25, -0.2) is 0 Å². The largest absolute Gasteiger partial charge is 0.411 e. The number of aromatic nitrogens is 2. The molecule has 0 aliphatic carbocycles. The first-order valence-electron chi connectivity index (χ1n) is 8.07. The molecule has 0 bridgehead atoms. The highest BCUT2D eigenvalue weighted by Gasteiger charge is 2.12. The number of hydrogen-bond acceptors (Lipinski definition) is 5. The summed E-state index contributed by atoms with van der Waals surface area (Å²) in [6.07, 6.45) is 0.868. The molecule has 2 aromatic carbocycles. The lowest BCUT2D eigenvalue weighted by Crippen LogP contribution is -2.15. The van der Waals surface area contributed by atoms with Gasteiger partial charge in [-0.3, -0.25) is 4.79 Å². The van der Waals surface area contributed by atoms with Crippen LogP contribution < -0.4 is 5.32 Å². The van der Waals surface area contributed by atoms with Crippen molar-refractivity contribution in [2.45, 2.75) is 25.5 Å². The smallest absolute Gasteiger partial charge is 0.277 e. The van der Waals surface area contributed by atoms with Gasteiger partial charge < -0.3 is 9.73 Å². The van der Waals surface area contributed by atoms with E-state index in [0.717, 1.165) is 23.2 Å². The summed E-state index contributed by atoms with van der Waals surface area (Å²) in [7, 11) is 0. The molecule has 0 atom stereocenters. The fraction of sp³-hybridized carbons (Fsp3) is 0.211. The Morgan fingerprint density at radius 2 is 1.88 bits per heavy atom. The Bertz CT molecular complexity index is 859. The van der Waals surface area contributed by atoms with E-state index in [1.807, 2.05) is 55.5 Å². The second-order valence-corrected chi connectivity index (χ2v) is 6.51. The Morgan fingerprint density at radius 1 is 1.12 bits per heavy atom. The fourth-order valence-electron chi connectivity index (χ4n) is 2.35. The Hall–Kier alpha value is -2.60. The first-order valence-corrected chi connectivity index (χ1v) is 9.05. The molecule has 0 radical (unpaired) electrons. The van der Waals surface area contributed by atoms with Crippen LogP contribution in [0.15, 0.2) is 58.2 Å². The molecule has 0 spiro atoms. The van der Waals surface area contributed by atoms with Gasteiger partial charge in [-0.15, -0.1) is 10.2 Å². The second kappa shape index (κ2) is 7.98. The lowest BCUT2D eigenvalue weighted by molar-refractivity contribution is -0.113. The van der Waals surface area contributed by atoms with Crippen LogP contribution >= 0.6 is 11.8 Å². The van der Waals surface area contributed by atoms with Crippen molar-refractivity contribution in [3.05, 3.63) is 59.7 Å². The van der Waals surface area contributed by atoms with Crippen LogP contribution in [-0.2, 0) is 11.2 Å². The molecule has 0 fully saturated rings. The standard InChI is InChI=1S/C19H19N3O2S/c1-3-14-6-4-5-7-16(14)20-17(23)12-25-19-22-21-18(24-19)15-10-8-13(2)9-11-15/h4-11H,3,12H2,1-2H3,(H,20,23). The van der Waals surface area contributed by atoms with Gasteiger partial charge in [0, 0.05) is 11.3 Å². The molecule has 1 heterocycles. The van der Waals surface area contributed by atoms with Crippen LogP contribution in [0.3, 0.4) is 0 Å². The van der Waals surface area contributed by atoms with E-state index in [-0.39, 0.29) is 11.7 Å². The number of amides is 1. The van der Waals surface area contributed by atoms with Gasteiger partial charge in [0.05, 0.1) is 5.75 Å². The van der Waals surface area contributed by atoms with Crippen molar-refractivity contribution in [2.75, 3.05) is 11.1 Å². The van der Waals surface area contributed by atoms with E-state index >= 15 is 0 Å². The third-order valence-electron chi connectivity index (χ3n) is 3.70. The lowest BCUT2D eigenvalue weighted by atomic mass is 10.1. The molecule has 6 heteroatoms. The number of rotatable bonds is 6. The molecule has 25 heavy (non-hydrogen) atoms. The number of carbonyl (C=O) groups is 1. The number of aryl methyl sites for hydroxylation is 2. The number of hydrogen-bond donors (Lipinski definition) is 1. The molecule has 5 nitrogen and oxygen atoms in total. The number of nitrogens with one attached hydrogen (secondary N) is 1. The zero-order valence-corrected chi connectivity index (χ0v) is 15.0. The molecule has 0 saturated heterocycles. The zero-order valence-electron chi connectivity index (χ0n) is 14.2. The molecule has 0 unspecified atom stereocenters. The summed E-state index contributed by atoms with van der Waals surface area (Å²) in [5, 5.41) is 11.3. The van der Waals surface area contributed by atoms with Crippen LogP contribution in [0.1, 0.15) is 18.1 Å². The topological polar surface area (TPSA) is 68.0 Å². The van der Waals surface area contributed by atoms with Gasteiger partial charge >= 0.3 is 0 Å². The Labute approximate surface area is 150 Å². The zero-order chi connectivity index (χ0) is 17.6. The molecule has 0 saturated carbocycles. The maximum atomic E-state index is 12.1. The van der Waals surface area contributed by atoms with Crippen LogP contribution in [0, 0.1) is 6.92 Å². The average molecular weight is 353 g/mol. The number of nitrogens with zero attached hydrogens (tertiary/aromatic N) is 2. The van der Waals surface area contributed by atoms with E-state index in [1.54, 1.807) is 0 Å². The van der Waals surface area contributed by atoms with Crippen LogP contribution in [0.4, 0.5) is 5.69 Å². The van der Waals surface area contributed by atoms with Gasteiger partial charge in [0.2, 0.25) is 11.8 Å². The van der Waals surface area contributed by atoms with E-state index < -0.39 is 0 Å². The summed E-state index contributed by atoms with van der Waals surface area (Å²) in [5.41, 5.74) is 4.00. The predicted octanol–water partition coefficient (Wildman–Crippen LogP) is 4.34. The minimum Gasteiger partial charge on any atom is -0.411 e. The Morgan fingerprint density at radius 3 is 2.64 bits per heavy atom. The van der Waals surface area contributed by atoms with Gasteiger partial charge in [0.1, 0.15) is 0 Å². The highest BCUT2D eigenvalue weighted by molar-refractivity contribution is 7.99. The first kappa shape index (κ1) is 17.2. The Balaban J connectivity index is 1.58. The van der Waals surface area contributed by atoms with Crippen molar-refractivity contribution in [3.8, 4) is 11.5 Å². The van der Waals surface area contributed by atoms with Gasteiger partial charge in [-0.05, 0) is 37.1 Å². The van der Waals surface area contributed by atoms with E-state index in [4.69, 9.17) is 4.42 Å². The van der Waals surface area contributed by atoms with Crippen LogP contribution in [-0.4, -0.2) is 21.9 Å². The number of para-hydroxylation sites is 1. The minimum absolute atomic E-state index is 0.0963. The number of anilines is 1. The third kappa shape index (κ3) is 4.48. The maximum Gasteiger partial charge on any atom is 0.277 e.